The molecule has 2 rings (SSSR count). The molecule has 21 heavy (non-hydrogen) atoms. The van der Waals surface area contributed by atoms with Crippen LogP contribution in [0.2, 0.25) is 0 Å². The largest absolute Gasteiger partial charge is 0.392 e. The minimum absolute atomic E-state index is 0.0447. The molecule has 1 atom stereocenters. The number of aromatic nitrogens is 2. The van der Waals surface area contributed by atoms with Gasteiger partial charge in [0.15, 0.2) is 0 Å². The molecule has 0 spiro atoms. The zero-order valence-electron chi connectivity index (χ0n) is 12.3. The number of aryl methyl sites for hydroxylation is 1. The second-order valence-corrected chi connectivity index (χ2v) is 7.53. The van der Waals surface area contributed by atoms with Gasteiger partial charge in [0.25, 0.3) is 0 Å². The number of nitrogens with two attached hydrogens (primary N) is 1. The van der Waals surface area contributed by atoms with E-state index in [1.807, 2.05) is 6.92 Å². The highest BCUT2D eigenvalue weighted by molar-refractivity contribution is 7.89. The molecule has 118 valence electrons. The Morgan fingerprint density at radius 1 is 1.43 bits per heavy atom. The van der Waals surface area contributed by atoms with Gasteiger partial charge in [0.2, 0.25) is 10.0 Å². The van der Waals surface area contributed by atoms with E-state index in [0.29, 0.717) is 31.2 Å². The normalized spacial score (nSPS) is 19.5. The second kappa shape index (κ2) is 6.39. The number of rotatable bonds is 5. The van der Waals surface area contributed by atoms with Crippen molar-refractivity contribution in [3.63, 3.8) is 0 Å². The van der Waals surface area contributed by atoms with E-state index in [0.717, 1.165) is 6.42 Å². The van der Waals surface area contributed by atoms with Crippen molar-refractivity contribution in [2.45, 2.75) is 24.3 Å². The molecule has 1 aliphatic heterocycles. The maximum Gasteiger partial charge on any atom is 0.246 e. The minimum Gasteiger partial charge on any atom is -0.392 e. The summed E-state index contributed by atoms with van der Waals surface area (Å²) in [6.45, 7) is 4.18. The van der Waals surface area contributed by atoms with Crippen LogP contribution in [-0.2, 0) is 17.1 Å². The van der Waals surface area contributed by atoms with E-state index in [2.05, 4.69) is 10.00 Å². The molecule has 1 fully saturated rings. The van der Waals surface area contributed by atoms with E-state index in [-0.39, 0.29) is 10.9 Å². The first-order valence-electron chi connectivity index (χ1n) is 6.88. The van der Waals surface area contributed by atoms with E-state index in [9.17, 15) is 8.42 Å². The third-order valence-electron chi connectivity index (χ3n) is 3.75. The smallest absolute Gasteiger partial charge is 0.246 e. The average molecular weight is 331 g/mol. The van der Waals surface area contributed by atoms with Gasteiger partial charge in [-0.1, -0.05) is 19.1 Å². The second-order valence-electron chi connectivity index (χ2n) is 5.12. The minimum atomic E-state index is -3.46. The highest BCUT2D eigenvalue weighted by atomic mass is 32.2. The summed E-state index contributed by atoms with van der Waals surface area (Å²) in [4.78, 5) is 2.86. The van der Waals surface area contributed by atoms with Crippen LogP contribution in [-0.4, -0.2) is 64.6 Å². The van der Waals surface area contributed by atoms with Crippen molar-refractivity contribution in [1.82, 2.24) is 19.0 Å². The molecule has 2 heterocycles. The first-order chi connectivity index (χ1) is 9.86. The van der Waals surface area contributed by atoms with Crippen molar-refractivity contribution >= 4 is 27.2 Å². The highest BCUT2D eigenvalue weighted by Gasteiger charge is 2.31. The van der Waals surface area contributed by atoms with Crippen LogP contribution in [0.5, 0.6) is 0 Å². The van der Waals surface area contributed by atoms with Gasteiger partial charge in [-0.25, -0.2) is 8.42 Å². The number of piperazine rings is 1. The molecule has 0 aliphatic carbocycles. The van der Waals surface area contributed by atoms with Gasteiger partial charge in [0.05, 0.1) is 17.2 Å². The summed E-state index contributed by atoms with van der Waals surface area (Å²) < 4.78 is 28.0. The lowest BCUT2D eigenvalue weighted by molar-refractivity contribution is 0.165. The van der Waals surface area contributed by atoms with Crippen molar-refractivity contribution in [3.05, 3.63) is 12.4 Å². The van der Waals surface area contributed by atoms with Crippen molar-refractivity contribution in [1.29, 1.82) is 0 Å². The third-order valence-corrected chi connectivity index (χ3v) is 5.87. The zero-order chi connectivity index (χ0) is 15.6. The summed E-state index contributed by atoms with van der Waals surface area (Å²) >= 11 is 5.07. The van der Waals surface area contributed by atoms with Gasteiger partial charge in [0.1, 0.15) is 4.90 Å². The maximum absolute atomic E-state index is 12.5. The number of nitrogens with zero attached hydrogens (tertiary/aromatic N) is 4. The van der Waals surface area contributed by atoms with Crippen LogP contribution in [0, 0.1) is 0 Å². The Kier molecular flexibility index (Phi) is 4.97. The molecule has 0 amide bonds. The molecule has 0 radical (unpaired) electrons. The predicted molar refractivity (Wildman–Crippen MR) is 84.4 cm³/mol. The first kappa shape index (κ1) is 16.3. The lowest BCUT2D eigenvalue weighted by Gasteiger charge is -2.37. The van der Waals surface area contributed by atoms with Gasteiger partial charge >= 0.3 is 0 Å². The molecule has 7 nitrogen and oxygen atoms in total. The fourth-order valence-electron chi connectivity index (χ4n) is 2.58. The highest BCUT2D eigenvalue weighted by Crippen LogP contribution is 2.18. The Morgan fingerprint density at radius 3 is 2.48 bits per heavy atom. The van der Waals surface area contributed by atoms with Gasteiger partial charge in [-0.05, 0) is 6.42 Å². The molecule has 1 aromatic rings. The summed E-state index contributed by atoms with van der Waals surface area (Å²) in [5.41, 5.74) is 5.74. The Bertz CT molecular complexity index is 605. The molecule has 1 unspecified atom stereocenters. The molecule has 2 N–H and O–H groups in total. The van der Waals surface area contributed by atoms with E-state index in [1.54, 1.807) is 7.05 Å². The summed E-state index contributed by atoms with van der Waals surface area (Å²) in [5.74, 6) is 0. The van der Waals surface area contributed by atoms with Crippen LogP contribution in [0.1, 0.15) is 13.3 Å². The molecule has 1 aromatic heterocycles. The lowest BCUT2D eigenvalue weighted by atomic mass is 10.1. The lowest BCUT2D eigenvalue weighted by Crippen LogP contribution is -2.54. The number of hydrogen-bond acceptors (Lipinski definition) is 5. The maximum atomic E-state index is 12.5. The number of thiocarbonyl (C=S) groups is 1. The quantitative estimate of drug-likeness (QED) is 0.752. The van der Waals surface area contributed by atoms with E-state index in [4.69, 9.17) is 18.0 Å². The topological polar surface area (TPSA) is 84.5 Å². The number of sulfonamides is 1. The molecule has 0 aromatic carbocycles. The van der Waals surface area contributed by atoms with Crippen LogP contribution in [0.4, 0.5) is 0 Å². The van der Waals surface area contributed by atoms with Crippen LogP contribution in [0.15, 0.2) is 17.3 Å². The molecule has 9 heteroatoms. The summed E-state index contributed by atoms with van der Waals surface area (Å²) in [5, 5.41) is 3.92. The van der Waals surface area contributed by atoms with Crippen LogP contribution in [0.25, 0.3) is 0 Å². The number of hydrogen-bond donors (Lipinski definition) is 1. The Balaban J connectivity index is 2.05. The zero-order valence-corrected chi connectivity index (χ0v) is 13.9. The SMILES string of the molecule is CCC(C(N)=S)N1CCN(S(=O)(=O)c2cnn(C)c2)CC1. The standard InChI is InChI=1S/C12H21N5O2S2/c1-3-11(12(13)20)16-4-6-17(7-5-16)21(18,19)10-8-14-15(2)9-10/h8-9,11H,3-7H2,1-2H3,(H2,13,20). The first-order valence-corrected chi connectivity index (χ1v) is 8.73. The molecule has 1 saturated heterocycles. The van der Waals surface area contributed by atoms with Crippen LogP contribution >= 0.6 is 12.2 Å². The molecule has 1 aliphatic rings. The Labute approximate surface area is 130 Å². The van der Waals surface area contributed by atoms with Gasteiger partial charge in [-0.15, -0.1) is 0 Å². The fourth-order valence-corrected chi connectivity index (χ4v) is 4.30. The Hall–Kier alpha value is -1.03. The van der Waals surface area contributed by atoms with Crippen molar-refractivity contribution in [2.24, 2.45) is 12.8 Å². The fraction of sp³-hybridized carbons (Fsp3) is 0.667. The van der Waals surface area contributed by atoms with Gasteiger partial charge < -0.3 is 5.73 Å². The van der Waals surface area contributed by atoms with Gasteiger partial charge in [-0.2, -0.15) is 9.40 Å². The molecule has 0 bridgehead atoms. The van der Waals surface area contributed by atoms with E-state index < -0.39 is 10.0 Å². The monoisotopic (exact) mass is 331 g/mol. The van der Waals surface area contributed by atoms with E-state index in [1.165, 1.54) is 21.4 Å². The molecular formula is C12H21N5O2S2. The third kappa shape index (κ3) is 3.42. The summed E-state index contributed by atoms with van der Waals surface area (Å²) in [6, 6.07) is 0.0447. The Morgan fingerprint density at radius 2 is 2.05 bits per heavy atom. The summed E-state index contributed by atoms with van der Waals surface area (Å²) in [7, 11) is -1.76. The van der Waals surface area contributed by atoms with Crippen molar-refractivity contribution in [3.8, 4) is 0 Å². The van der Waals surface area contributed by atoms with Gasteiger partial charge in [-0.3, -0.25) is 9.58 Å². The summed E-state index contributed by atoms with van der Waals surface area (Å²) in [6.07, 6.45) is 3.74. The van der Waals surface area contributed by atoms with Crippen molar-refractivity contribution < 1.29 is 8.42 Å². The van der Waals surface area contributed by atoms with Gasteiger partial charge in [0, 0.05) is 39.4 Å². The molecule has 0 saturated carbocycles. The van der Waals surface area contributed by atoms with Crippen LogP contribution < -0.4 is 5.73 Å². The molecular weight excluding hydrogens is 310 g/mol. The van der Waals surface area contributed by atoms with Crippen LogP contribution in [0.3, 0.4) is 0 Å². The average Bonchev–Trinajstić information content (AvgIpc) is 2.87. The van der Waals surface area contributed by atoms with E-state index >= 15 is 0 Å². The van der Waals surface area contributed by atoms with Crippen molar-refractivity contribution in [2.75, 3.05) is 26.2 Å². The predicted octanol–water partition coefficient (Wildman–Crippen LogP) is -0.209.